The number of allylic oxidation sites excluding steroid dienone is 2. The standard InChI is InChI=1S/C38H65NO4/c1-24(2)26(5)38-18-17-34(9)29-13-14-31-33(8,32(27(6)40-12)42-23-35(10,39)25(3)4)22-41-28(7)36(31,11)30(29)15-16-37(34,21-38)19-20-43-38/h15,19-20,24-29,31-32H,13-14,16-18,21-23,39H2,1-12H3/t26-,27-,28?,29?,31?,32?,33+,34?,35+,36?,37-,38-/m1/s1. The van der Waals surface area contributed by atoms with Crippen molar-refractivity contribution in [1.82, 2.24) is 0 Å². The first-order valence-corrected chi connectivity index (χ1v) is 17.5. The van der Waals surface area contributed by atoms with Crippen LogP contribution in [0, 0.1) is 51.2 Å². The number of fused-ring (bicyclic) bond motifs is 5. The maximum Gasteiger partial charge on any atom is 0.112 e. The largest absolute Gasteiger partial charge is 0.495 e. The Labute approximate surface area is 264 Å². The summed E-state index contributed by atoms with van der Waals surface area (Å²) in [6.07, 6.45) is 14.3. The monoisotopic (exact) mass is 599 g/mol. The molecule has 2 saturated carbocycles. The Balaban J connectivity index is 1.52. The van der Waals surface area contributed by atoms with Crippen molar-refractivity contribution >= 4 is 0 Å². The fourth-order valence-electron chi connectivity index (χ4n) is 10.7. The Morgan fingerprint density at radius 1 is 1.07 bits per heavy atom. The molecule has 0 aromatic heterocycles. The molecule has 5 heteroatoms. The van der Waals surface area contributed by atoms with Gasteiger partial charge in [0.25, 0.3) is 0 Å². The van der Waals surface area contributed by atoms with Crippen LogP contribution in [0.3, 0.4) is 0 Å². The second kappa shape index (κ2) is 11.1. The molecule has 2 heterocycles. The van der Waals surface area contributed by atoms with Crippen molar-refractivity contribution in [2.24, 2.45) is 57.0 Å². The molecule has 3 fully saturated rings. The summed E-state index contributed by atoms with van der Waals surface area (Å²) in [6.45, 7) is 26.9. The second-order valence-electron chi connectivity index (χ2n) is 17.4. The van der Waals surface area contributed by atoms with Crippen LogP contribution in [0.15, 0.2) is 24.0 Å². The van der Waals surface area contributed by atoms with E-state index in [1.807, 2.05) is 7.11 Å². The summed E-state index contributed by atoms with van der Waals surface area (Å²) in [5.41, 5.74) is 8.07. The maximum atomic E-state index is 6.87. The molecule has 1 saturated heterocycles. The van der Waals surface area contributed by atoms with Crippen molar-refractivity contribution in [3.8, 4) is 0 Å². The normalized spacial score (nSPS) is 45.7. The molecule has 0 aromatic rings. The van der Waals surface area contributed by atoms with Crippen LogP contribution in [-0.4, -0.2) is 49.8 Å². The van der Waals surface area contributed by atoms with E-state index < -0.39 is 5.54 Å². The highest BCUT2D eigenvalue weighted by molar-refractivity contribution is 5.36. The first kappa shape index (κ1) is 33.5. The summed E-state index contributed by atoms with van der Waals surface area (Å²) in [4.78, 5) is 0. The van der Waals surface area contributed by atoms with Gasteiger partial charge in [-0.15, -0.1) is 0 Å². The van der Waals surface area contributed by atoms with Crippen molar-refractivity contribution in [3.05, 3.63) is 24.0 Å². The summed E-state index contributed by atoms with van der Waals surface area (Å²) in [7, 11) is 1.81. The SMILES string of the molecule is CO[C@H](C)C(OC[C@](C)(N)C(C)C)[C@@]1(C)COC(C)C2(C)C3=CC[C@]45C=CO[C@]([C@H](C)C(C)C)(CCC4(C)C3CCC21)C5. The lowest BCUT2D eigenvalue weighted by atomic mass is 9.38. The minimum Gasteiger partial charge on any atom is -0.495 e. The summed E-state index contributed by atoms with van der Waals surface area (Å²) in [5, 5.41) is 0. The minimum atomic E-state index is -0.402. The number of rotatable bonds is 9. The van der Waals surface area contributed by atoms with Gasteiger partial charge in [0.2, 0.25) is 0 Å². The van der Waals surface area contributed by atoms with Crippen LogP contribution < -0.4 is 5.73 Å². The molecule has 2 aliphatic heterocycles. The third-order valence-corrected chi connectivity index (χ3v) is 14.9. The van der Waals surface area contributed by atoms with Gasteiger partial charge in [-0.2, -0.15) is 0 Å². The smallest absolute Gasteiger partial charge is 0.112 e. The average molecular weight is 600 g/mol. The molecule has 43 heavy (non-hydrogen) atoms. The molecule has 246 valence electrons. The van der Waals surface area contributed by atoms with Crippen LogP contribution in [-0.2, 0) is 18.9 Å². The van der Waals surface area contributed by atoms with E-state index in [9.17, 15) is 0 Å². The van der Waals surface area contributed by atoms with Gasteiger partial charge >= 0.3 is 0 Å². The Morgan fingerprint density at radius 3 is 2.40 bits per heavy atom. The van der Waals surface area contributed by atoms with E-state index in [-0.39, 0.29) is 45.6 Å². The number of hydrogen-bond donors (Lipinski definition) is 1. The van der Waals surface area contributed by atoms with Crippen LogP contribution >= 0.6 is 0 Å². The summed E-state index contributed by atoms with van der Waals surface area (Å²) >= 11 is 0. The van der Waals surface area contributed by atoms with E-state index in [4.69, 9.17) is 24.7 Å². The lowest BCUT2D eigenvalue weighted by molar-refractivity contribution is -0.243. The molecule has 5 aliphatic rings. The quantitative estimate of drug-likeness (QED) is 0.270. The predicted molar refractivity (Wildman–Crippen MR) is 176 cm³/mol. The van der Waals surface area contributed by atoms with Gasteiger partial charge in [-0.3, -0.25) is 0 Å². The van der Waals surface area contributed by atoms with Crippen molar-refractivity contribution in [2.75, 3.05) is 20.3 Å². The third-order valence-electron chi connectivity index (χ3n) is 14.9. The minimum absolute atomic E-state index is 0.0387. The van der Waals surface area contributed by atoms with Gasteiger partial charge in [-0.05, 0) is 100 Å². The maximum absolute atomic E-state index is 6.87. The molecule has 12 atom stereocenters. The highest BCUT2D eigenvalue weighted by atomic mass is 16.5. The van der Waals surface area contributed by atoms with E-state index in [0.29, 0.717) is 42.8 Å². The Kier molecular flexibility index (Phi) is 8.67. The van der Waals surface area contributed by atoms with E-state index in [1.54, 1.807) is 5.57 Å². The highest BCUT2D eigenvalue weighted by Crippen LogP contribution is 2.73. The third kappa shape index (κ3) is 4.83. The first-order chi connectivity index (χ1) is 19.9. The molecular weight excluding hydrogens is 534 g/mol. The fourth-order valence-corrected chi connectivity index (χ4v) is 10.7. The number of ether oxygens (including phenoxy) is 4. The zero-order valence-corrected chi connectivity index (χ0v) is 29.7. The summed E-state index contributed by atoms with van der Waals surface area (Å²) < 4.78 is 26.3. The molecule has 1 spiro atoms. The number of nitrogens with two attached hydrogens (primary N) is 1. The van der Waals surface area contributed by atoms with Crippen LogP contribution in [0.4, 0.5) is 0 Å². The fraction of sp³-hybridized carbons (Fsp3) is 0.895. The summed E-state index contributed by atoms with van der Waals surface area (Å²) in [6, 6.07) is 0. The Hall–Kier alpha value is -0.880. The molecule has 5 nitrogen and oxygen atoms in total. The van der Waals surface area contributed by atoms with Crippen LogP contribution in [0.2, 0.25) is 0 Å². The van der Waals surface area contributed by atoms with Crippen molar-refractivity contribution < 1.29 is 18.9 Å². The van der Waals surface area contributed by atoms with Gasteiger partial charge in [-0.25, -0.2) is 0 Å². The van der Waals surface area contributed by atoms with Crippen LogP contribution in [0.5, 0.6) is 0 Å². The molecular formula is C38H65NO4. The molecule has 0 aromatic carbocycles. The molecule has 5 rings (SSSR count). The predicted octanol–water partition coefficient (Wildman–Crippen LogP) is 8.32. The Morgan fingerprint density at radius 2 is 1.77 bits per heavy atom. The summed E-state index contributed by atoms with van der Waals surface area (Å²) in [5.74, 6) is 2.45. The van der Waals surface area contributed by atoms with Crippen molar-refractivity contribution in [2.45, 2.75) is 144 Å². The lowest BCUT2D eigenvalue weighted by Gasteiger charge is -2.69. The van der Waals surface area contributed by atoms with E-state index >= 15 is 0 Å². The molecule has 2 N–H and O–H groups in total. The number of hydrogen-bond acceptors (Lipinski definition) is 5. The van der Waals surface area contributed by atoms with Gasteiger partial charge in [0, 0.05) is 28.9 Å². The van der Waals surface area contributed by atoms with Gasteiger partial charge in [0.05, 0.1) is 37.8 Å². The van der Waals surface area contributed by atoms with Gasteiger partial charge < -0.3 is 24.7 Å². The van der Waals surface area contributed by atoms with Gasteiger partial charge in [0.15, 0.2) is 0 Å². The topological polar surface area (TPSA) is 62.9 Å². The second-order valence-corrected chi connectivity index (χ2v) is 17.4. The molecule has 2 bridgehead atoms. The van der Waals surface area contributed by atoms with E-state index in [1.165, 1.54) is 19.3 Å². The zero-order chi connectivity index (χ0) is 31.8. The molecule has 3 aliphatic carbocycles. The lowest BCUT2D eigenvalue weighted by Crippen LogP contribution is -2.67. The van der Waals surface area contributed by atoms with Crippen LogP contribution in [0.1, 0.15) is 115 Å². The van der Waals surface area contributed by atoms with E-state index in [0.717, 1.165) is 19.3 Å². The van der Waals surface area contributed by atoms with Crippen molar-refractivity contribution in [3.63, 3.8) is 0 Å². The molecule has 0 radical (unpaired) electrons. The number of methoxy groups -OCH3 is 1. The average Bonchev–Trinajstić information content (AvgIpc) is 2.95. The van der Waals surface area contributed by atoms with Crippen molar-refractivity contribution in [1.29, 1.82) is 0 Å². The zero-order valence-electron chi connectivity index (χ0n) is 29.7. The molecule has 0 amide bonds. The van der Waals surface area contributed by atoms with Crippen LogP contribution in [0.25, 0.3) is 0 Å². The Bertz CT molecular complexity index is 1100. The van der Waals surface area contributed by atoms with E-state index in [2.05, 4.69) is 94.6 Å². The first-order valence-electron chi connectivity index (χ1n) is 17.5. The van der Waals surface area contributed by atoms with Gasteiger partial charge in [0.1, 0.15) is 5.60 Å². The highest BCUT2D eigenvalue weighted by Gasteiger charge is 2.68. The van der Waals surface area contributed by atoms with Gasteiger partial charge in [-0.1, -0.05) is 67.0 Å². The molecule has 6 unspecified atom stereocenters.